The molecule has 0 spiro atoms. The number of fused-ring (bicyclic) bond motifs is 1. The van der Waals surface area contributed by atoms with Crippen LogP contribution in [-0.2, 0) is 12.8 Å². The number of anilines is 1. The molecule has 2 aromatic heterocycles. The van der Waals surface area contributed by atoms with Gasteiger partial charge in [0.05, 0.1) is 17.1 Å². The number of thiazole rings is 1. The van der Waals surface area contributed by atoms with E-state index in [1.165, 1.54) is 4.88 Å². The van der Waals surface area contributed by atoms with E-state index in [-0.39, 0.29) is 6.04 Å². The molecule has 5 heteroatoms. The van der Waals surface area contributed by atoms with Crippen molar-refractivity contribution >= 4 is 28.1 Å². The van der Waals surface area contributed by atoms with Crippen LogP contribution in [0.2, 0.25) is 0 Å². The molecule has 3 aromatic rings. The molecule has 0 aliphatic carbocycles. The van der Waals surface area contributed by atoms with Gasteiger partial charge in [-0.3, -0.25) is 0 Å². The molecule has 0 saturated heterocycles. The average Bonchev–Trinajstić information content (AvgIpc) is 3.09. The summed E-state index contributed by atoms with van der Waals surface area (Å²) in [5.74, 6) is 1.08. The average molecular weight is 300 g/mol. The van der Waals surface area contributed by atoms with Crippen molar-refractivity contribution in [2.75, 3.05) is 5.73 Å². The zero-order chi connectivity index (χ0) is 15.0. The van der Waals surface area contributed by atoms with Gasteiger partial charge in [-0.15, -0.1) is 11.3 Å². The maximum Gasteiger partial charge on any atom is 0.115 e. The lowest BCUT2D eigenvalue weighted by Crippen LogP contribution is -2.10. The highest BCUT2D eigenvalue weighted by atomic mass is 32.1. The van der Waals surface area contributed by atoms with E-state index < -0.39 is 0 Å². The Labute approximate surface area is 128 Å². The number of aromatic nitrogens is 3. The van der Waals surface area contributed by atoms with Gasteiger partial charge in [0.15, 0.2) is 0 Å². The third-order valence-corrected chi connectivity index (χ3v) is 5.08. The van der Waals surface area contributed by atoms with E-state index >= 15 is 0 Å². The van der Waals surface area contributed by atoms with Crippen molar-refractivity contribution in [2.45, 2.75) is 39.7 Å². The van der Waals surface area contributed by atoms with E-state index in [9.17, 15) is 0 Å². The van der Waals surface area contributed by atoms with Crippen LogP contribution in [-0.4, -0.2) is 14.5 Å². The van der Waals surface area contributed by atoms with E-state index in [1.54, 1.807) is 11.3 Å². The number of nitrogen functional groups attached to an aromatic ring is 1. The highest BCUT2D eigenvalue weighted by Crippen LogP contribution is 2.29. The quantitative estimate of drug-likeness (QED) is 0.745. The molecular weight excluding hydrogens is 280 g/mol. The first-order chi connectivity index (χ1) is 10.1. The number of rotatable bonds is 4. The Hall–Kier alpha value is -1.88. The Kier molecular flexibility index (Phi) is 3.68. The molecule has 0 amide bonds. The van der Waals surface area contributed by atoms with Gasteiger partial charge in [0.25, 0.3) is 0 Å². The van der Waals surface area contributed by atoms with E-state index in [4.69, 9.17) is 10.7 Å². The van der Waals surface area contributed by atoms with Crippen LogP contribution in [0.4, 0.5) is 5.69 Å². The summed E-state index contributed by atoms with van der Waals surface area (Å²) in [5, 5.41) is 1.14. The predicted octanol–water partition coefficient (Wildman–Crippen LogP) is 3.81. The van der Waals surface area contributed by atoms with Crippen molar-refractivity contribution in [2.24, 2.45) is 0 Å². The van der Waals surface area contributed by atoms with E-state index in [0.29, 0.717) is 0 Å². The molecule has 0 aliphatic rings. The Morgan fingerprint density at radius 2 is 2.10 bits per heavy atom. The molecule has 110 valence electrons. The summed E-state index contributed by atoms with van der Waals surface area (Å²) in [5.41, 5.74) is 8.72. The summed E-state index contributed by atoms with van der Waals surface area (Å²) in [4.78, 5) is 10.6. The van der Waals surface area contributed by atoms with Gasteiger partial charge in [0.2, 0.25) is 0 Å². The van der Waals surface area contributed by atoms with Crippen LogP contribution in [0.5, 0.6) is 0 Å². The zero-order valence-corrected chi connectivity index (χ0v) is 13.4. The molecule has 0 bridgehead atoms. The highest BCUT2D eigenvalue weighted by Gasteiger charge is 2.18. The standard InChI is InChI=1S/C16H20N4S/c1-4-12-9-18-16(21-12)10(3)20-14-7-6-11(17)8-13(14)19-15(20)5-2/h6-10H,4-5,17H2,1-3H3. The van der Waals surface area contributed by atoms with Gasteiger partial charge in [-0.05, 0) is 31.5 Å². The SMILES string of the molecule is CCc1cnc(C(C)n2c(CC)nc3cc(N)ccc32)s1. The minimum atomic E-state index is 0.193. The van der Waals surface area contributed by atoms with Crippen molar-refractivity contribution in [3.8, 4) is 0 Å². The summed E-state index contributed by atoms with van der Waals surface area (Å²) in [7, 11) is 0. The van der Waals surface area contributed by atoms with Gasteiger partial charge in [0, 0.05) is 23.2 Å². The molecule has 1 atom stereocenters. The van der Waals surface area contributed by atoms with Gasteiger partial charge in [-0.25, -0.2) is 9.97 Å². The van der Waals surface area contributed by atoms with Crippen LogP contribution in [0.3, 0.4) is 0 Å². The van der Waals surface area contributed by atoms with Crippen molar-refractivity contribution < 1.29 is 0 Å². The molecule has 0 fully saturated rings. The molecule has 0 saturated carbocycles. The lowest BCUT2D eigenvalue weighted by atomic mass is 10.2. The minimum absolute atomic E-state index is 0.193. The molecule has 2 N–H and O–H groups in total. The molecule has 21 heavy (non-hydrogen) atoms. The van der Waals surface area contributed by atoms with Crippen molar-refractivity contribution in [1.29, 1.82) is 0 Å². The Bertz CT molecular complexity index is 772. The fraction of sp³-hybridized carbons (Fsp3) is 0.375. The lowest BCUT2D eigenvalue weighted by molar-refractivity contribution is 0.619. The van der Waals surface area contributed by atoms with E-state index in [2.05, 4.69) is 36.4 Å². The number of hydrogen-bond donors (Lipinski definition) is 1. The van der Waals surface area contributed by atoms with Gasteiger partial charge < -0.3 is 10.3 Å². The van der Waals surface area contributed by atoms with Crippen LogP contribution in [0.1, 0.15) is 42.5 Å². The number of benzene rings is 1. The number of nitrogens with zero attached hydrogens (tertiary/aromatic N) is 3. The number of imidazole rings is 1. The zero-order valence-electron chi connectivity index (χ0n) is 12.6. The molecule has 2 heterocycles. The molecule has 0 radical (unpaired) electrons. The lowest BCUT2D eigenvalue weighted by Gasteiger charge is -2.15. The first kappa shape index (κ1) is 14.1. The fourth-order valence-corrected chi connectivity index (χ4v) is 3.54. The first-order valence-corrected chi connectivity index (χ1v) is 8.16. The summed E-state index contributed by atoms with van der Waals surface area (Å²) in [6, 6.07) is 6.13. The second kappa shape index (κ2) is 5.48. The number of nitrogens with two attached hydrogens (primary N) is 1. The van der Waals surface area contributed by atoms with Crippen LogP contribution < -0.4 is 5.73 Å². The highest BCUT2D eigenvalue weighted by molar-refractivity contribution is 7.11. The second-order valence-electron chi connectivity index (χ2n) is 5.19. The van der Waals surface area contributed by atoms with Gasteiger partial charge in [0.1, 0.15) is 10.8 Å². The Morgan fingerprint density at radius 1 is 1.29 bits per heavy atom. The smallest absolute Gasteiger partial charge is 0.115 e. The van der Waals surface area contributed by atoms with E-state index in [0.717, 1.165) is 40.4 Å². The third-order valence-electron chi connectivity index (χ3n) is 3.77. The summed E-state index contributed by atoms with van der Waals surface area (Å²) in [6.07, 6.45) is 3.91. The first-order valence-electron chi connectivity index (χ1n) is 7.35. The normalized spacial score (nSPS) is 12.9. The monoisotopic (exact) mass is 300 g/mol. The summed E-state index contributed by atoms with van der Waals surface area (Å²) in [6.45, 7) is 6.48. The third kappa shape index (κ3) is 2.42. The van der Waals surface area contributed by atoms with E-state index in [1.807, 2.05) is 18.3 Å². The Morgan fingerprint density at radius 3 is 2.76 bits per heavy atom. The second-order valence-corrected chi connectivity index (χ2v) is 6.34. The minimum Gasteiger partial charge on any atom is -0.399 e. The van der Waals surface area contributed by atoms with Crippen LogP contribution >= 0.6 is 11.3 Å². The predicted molar refractivity (Wildman–Crippen MR) is 88.8 cm³/mol. The fourth-order valence-electron chi connectivity index (χ4n) is 2.64. The van der Waals surface area contributed by atoms with Gasteiger partial charge in [-0.2, -0.15) is 0 Å². The Balaban J connectivity index is 2.13. The number of hydrogen-bond acceptors (Lipinski definition) is 4. The molecule has 4 nitrogen and oxygen atoms in total. The maximum absolute atomic E-state index is 5.87. The topological polar surface area (TPSA) is 56.7 Å². The summed E-state index contributed by atoms with van der Waals surface area (Å²) >= 11 is 1.79. The molecule has 3 rings (SSSR count). The van der Waals surface area contributed by atoms with Crippen molar-refractivity contribution in [3.63, 3.8) is 0 Å². The molecule has 1 aromatic carbocycles. The molecule has 0 aliphatic heterocycles. The van der Waals surface area contributed by atoms with Crippen LogP contribution in [0.15, 0.2) is 24.4 Å². The number of aryl methyl sites for hydroxylation is 2. The van der Waals surface area contributed by atoms with Crippen molar-refractivity contribution in [1.82, 2.24) is 14.5 Å². The van der Waals surface area contributed by atoms with Crippen LogP contribution in [0.25, 0.3) is 11.0 Å². The molecule has 1 unspecified atom stereocenters. The maximum atomic E-state index is 5.87. The van der Waals surface area contributed by atoms with Gasteiger partial charge >= 0.3 is 0 Å². The largest absolute Gasteiger partial charge is 0.399 e. The molecular formula is C16H20N4S. The summed E-state index contributed by atoms with van der Waals surface area (Å²) < 4.78 is 2.28. The van der Waals surface area contributed by atoms with Gasteiger partial charge in [-0.1, -0.05) is 13.8 Å². The van der Waals surface area contributed by atoms with Crippen LogP contribution in [0, 0.1) is 0 Å². The van der Waals surface area contributed by atoms with Crippen molar-refractivity contribution in [3.05, 3.63) is 40.1 Å².